The molecule has 0 saturated carbocycles. The maximum absolute atomic E-state index is 12.1. The van der Waals surface area contributed by atoms with Crippen LogP contribution >= 0.6 is 0 Å². The average Bonchev–Trinajstić information content (AvgIpc) is 2.36. The second kappa shape index (κ2) is 5.54. The summed E-state index contributed by atoms with van der Waals surface area (Å²) in [6.45, 7) is 4.13. The molecule has 1 aromatic rings. The predicted octanol–water partition coefficient (Wildman–Crippen LogP) is 2.97. The zero-order valence-electron chi connectivity index (χ0n) is 10.5. The number of amides is 2. The van der Waals surface area contributed by atoms with Crippen molar-refractivity contribution in [2.45, 2.75) is 26.3 Å². The molecule has 2 amide bonds. The molecular weight excluding hydrogens is 200 g/mol. The minimum Gasteiger partial charge on any atom is -0.325 e. The van der Waals surface area contributed by atoms with Gasteiger partial charge in [0.2, 0.25) is 0 Å². The smallest absolute Gasteiger partial charge is 0.324 e. The van der Waals surface area contributed by atoms with Crippen LogP contribution in [0.5, 0.6) is 0 Å². The number of nitrogens with zero attached hydrogens (tertiary/aromatic N) is 2. The lowest BCUT2D eigenvalue weighted by molar-refractivity contribution is 0.201. The van der Waals surface area contributed by atoms with Crippen molar-refractivity contribution in [3.63, 3.8) is 0 Å². The lowest BCUT2D eigenvalue weighted by atomic mass is 10.2. The third-order valence-electron chi connectivity index (χ3n) is 2.98. The second-order valence-electron chi connectivity index (χ2n) is 4.05. The molecule has 0 aliphatic rings. The lowest BCUT2D eigenvalue weighted by Gasteiger charge is -2.29. The predicted molar refractivity (Wildman–Crippen MR) is 67.8 cm³/mol. The van der Waals surface area contributed by atoms with Crippen molar-refractivity contribution in [3.8, 4) is 0 Å². The van der Waals surface area contributed by atoms with E-state index in [1.54, 1.807) is 16.8 Å². The maximum atomic E-state index is 12.1. The standard InChI is InChI=1S/C13H20N2O/c1-5-11(2)14(3)13(16)15(4)12-9-7-6-8-10-12/h6-11H,5H2,1-4H3. The van der Waals surface area contributed by atoms with Gasteiger partial charge in [-0.3, -0.25) is 4.90 Å². The molecule has 0 aromatic heterocycles. The molecule has 0 aliphatic heterocycles. The van der Waals surface area contributed by atoms with Gasteiger partial charge in [-0.15, -0.1) is 0 Å². The first-order valence-electron chi connectivity index (χ1n) is 5.63. The molecule has 0 radical (unpaired) electrons. The quantitative estimate of drug-likeness (QED) is 0.768. The molecular formula is C13H20N2O. The molecule has 3 heteroatoms. The summed E-state index contributed by atoms with van der Waals surface area (Å²) in [6, 6.07) is 9.97. The second-order valence-corrected chi connectivity index (χ2v) is 4.05. The van der Waals surface area contributed by atoms with E-state index >= 15 is 0 Å². The van der Waals surface area contributed by atoms with Gasteiger partial charge in [-0.25, -0.2) is 4.79 Å². The van der Waals surface area contributed by atoms with Crippen molar-refractivity contribution >= 4 is 11.7 Å². The first kappa shape index (κ1) is 12.6. The van der Waals surface area contributed by atoms with Crippen LogP contribution in [0.2, 0.25) is 0 Å². The van der Waals surface area contributed by atoms with Crippen molar-refractivity contribution in [2.75, 3.05) is 19.0 Å². The molecule has 0 spiro atoms. The Morgan fingerprint density at radius 3 is 2.31 bits per heavy atom. The number of hydrogen-bond acceptors (Lipinski definition) is 1. The highest BCUT2D eigenvalue weighted by atomic mass is 16.2. The Hall–Kier alpha value is -1.51. The number of para-hydroxylation sites is 1. The molecule has 16 heavy (non-hydrogen) atoms. The number of urea groups is 1. The number of carbonyl (C=O) groups is 1. The van der Waals surface area contributed by atoms with E-state index in [4.69, 9.17) is 0 Å². The van der Waals surface area contributed by atoms with Gasteiger partial charge in [-0.2, -0.15) is 0 Å². The lowest BCUT2D eigenvalue weighted by Crippen LogP contribution is -2.43. The Labute approximate surface area is 97.7 Å². The van der Waals surface area contributed by atoms with E-state index < -0.39 is 0 Å². The van der Waals surface area contributed by atoms with Crippen LogP contribution in [-0.4, -0.2) is 31.1 Å². The minimum atomic E-state index is 0.0283. The van der Waals surface area contributed by atoms with Gasteiger partial charge >= 0.3 is 6.03 Å². The Kier molecular flexibility index (Phi) is 4.35. The number of benzene rings is 1. The van der Waals surface area contributed by atoms with Crippen LogP contribution in [0.4, 0.5) is 10.5 Å². The molecule has 1 aromatic carbocycles. The van der Waals surface area contributed by atoms with Crippen LogP contribution in [0, 0.1) is 0 Å². The van der Waals surface area contributed by atoms with Crippen molar-refractivity contribution < 1.29 is 4.79 Å². The molecule has 1 rings (SSSR count). The fraction of sp³-hybridized carbons (Fsp3) is 0.462. The van der Waals surface area contributed by atoms with Gasteiger partial charge in [0.15, 0.2) is 0 Å². The molecule has 1 unspecified atom stereocenters. The van der Waals surface area contributed by atoms with Gasteiger partial charge in [0.1, 0.15) is 0 Å². The summed E-state index contributed by atoms with van der Waals surface area (Å²) in [5.74, 6) is 0. The van der Waals surface area contributed by atoms with E-state index in [9.17, 15) is 4.79 Å². The molecule has 0 bridgehead atoms. The van der Waals surface area contributed by atoms with Crippen LogP contribution in [0.25, 0.3) is 0 Å². The van der Waals surface area contributed by atoms with Gasteiger partial charge in [0.05, 0.1) is 0 Å². The summed E-state index contributed by atoms with van der Waals surface area (Å²) >= 11 is 0. The summed E-state index contributed by atoms with van der Waals surface area (Å²) in [5.41, 5.74) is 0.919. The maximum Gasteiger partial charge on any atom is 0.324 e. The monoisotopic (exact) mass is 220 g/mol. The highest BCUT2D eigenvalue weighted by Gasteiger charge is 2.18. The molecule has 0 saturated heterocycles. The van der Waals surface area contributed by atoms with Crippen molar-refractivity contribution in [2.24, 2.45) is 0 Å². The number of rotatable bonds is 3. The Morgan fingerprint density at radius 2 is 1.81 bits per heavy atom. The third kappa shape index (κ3) is 2.75. The van der Waals surface area contributed by atoms with E-state index in [1.165, 1.54) is 0 Å². The summed E-state index contributed by atoms with van der Waals surface area (Å²) < 4.78 is 0. The molecule has 3 nitrogen and oxygen atoms in total. The highest BCUT2D eigenvalue weighted by Crippen LogP contribution is 2.14. The minimum absolute atomic E-state index is 0.0283. The number of anilines is 1. The summed E-state index contributed by atoms with van der Waals surface area (Å²) in [7, 11) is 3.65. The Balaban J connectivity index is 2.75. The highest BCUT2D eigenvalue weighted by molar-refractivity contribution is 5.91. The van der Waals surface area contributed by atoms with Crippen LogP contribution in [0.1, 0.15) is 20.3 Å². The summed E-state index contributed by atoms with van der Waals surface area (Å²) in [4.78, 5) is 15.5. The van der Waals surface area contributed by atoms with E-state index in [1.807, 2.05) is 37.4 Å². The first-order valence-corrected chi connectivity index (χ1v) is 5.63. The Bertz CT molecular complexity index is 337. The van der Waals surface area contributed by atoms with Crippen molar-refractivity contribution in [1.29, 1.82) is 0 Å². The average molecular weight is 220 g/mol. The molecule has 0 fully saturated rings. The van der Waals surface area contributed by atoms with Crippen LogP contribution in [0.15, 0.2) is 30.3 Å². The fourth-order valence-corrected chi connectivity index (χ4v) is 1.46. The van der Waals surface area contributed by atoms with E-state index in [-0.39, 0.29) is 12.1 Å². The third-order valence-corrected chi connectivity index (χ3v) is 2.98. The largest absolute Gasteiger partial charge is 0.325 e. The molecule has 0 aliphatic carbocycles. The number of carbonyl (C=O) groups excluding carboxylic acids is 1. The Morgan fingerprint density at radius 1 is 1.25 bits per heavy atom. The van der Waals surface area contributed by atoms with Crippen LogP contribution in [0.3, 0.4) is 0 Å². The summed E-state index contributed by atoms with van der Waals surface area (Å²) in [5, 5.41) is 0. The van der Waals surface area contributed by atoms with Gasteiger partial charge in [0.25, 0.3) is 0 Å². The van der Waals surface area contributed by atoms with E-state index in [0.29, 0.717) is 0 Å². The van der Waals surface area contributed by atoms with Gasteiger partial charge in [-0.1, -0.05) is 25.1 Å². The van der Waals surface area contributed by atoms with Crippen LogP contribution < -0.4 is 4.90 Å². The normalized spacial score (nSPS) is 12.0. The molecule has 0 N–H and O–H groups in total. The van der Waals surface area contributed by atoms with Gasteiger partial charge in [0, 0.05) is 25.8 Å². The van der Waals surface area contributed by atoms with Gasteiger partial charge < -0.3 is 4.90 Å². The van der Waals surface area contributed by atoms with E-state index in [0.717, 1.165) is 12.1 Å². The molecule has 0 heterocycles. The van der Waals surface area contributed by atoms with Crippen molar-refractivity contribution in [3.05, 3.63) is 30.3 Å². The van der Waals surface area contributed by atoms with E-state index in [2.05, 4.69) is 13.8 Å². The zero-order chi connectivity index (χ0) is 12.1. The fourth-order valence-electron chi connectivity index (χ4n) is 1.46. The van der Waals surface area contributed by atoms with Crippen LogP contribution in [-0.2, 0) is 0 Å². The zero-order valence-corrected chi connectivity index (χ0v) is 10.5. The number of hydrogen-bond donors (Lipinski definition) is 0. The SMILES string of the molecule is CCC(C)N(C)C(=O)N(C)c1ccccc1. The molecule has 1 atom stereocenters. The van der Waals surface area contributed by atoms with Crippen molar-refractivity contribution in [1.82, 2.24) is 4.90 Å². The topological polar surface area (TPSA) is 23.6 Å². The molecule has 88 valence electrons. The van der Waals surface area contributed by atoms with Gasteiger partial charge in [-0.05, 0) is 25.5 Å². The first-order chi connectivity index (χ1) is 7.57. The summed E-state index contributed by atoms with van der Waals surface area (Å²) in [6.07, 6.45) is 0.963.